The third-order valence-corrected chi connectivity index (χ3v) is 3.70. The number of fused-ring (bicyclic) bond motifs is 1. The molecule has 2 aromatic rings. The second-order valence-corrected chi connectivity index (χ2v) is 5.86. The van der Waals surface area contributed by atoms with Crippen LogP contribution in [0.15, 0.2) is 29.4 Å². The number of H-pyrrole nitrogens is 1. The number of benzene rings is 1. The van der Waals surface area contributed by atoms with E-state index in [-0.39, 0.29) is 5.91 Å². The highest BCUT2D eigenvalue weighted by molar-refractivity contribution is 7.99. The summed E-state index contributed by atoms with van der Waals surface area (Å²) in [6.45, 7) is 3.10. The van der Waals surface area contributed by atoms with Crippen LogP contribution in [-0.4, -0.2) is 40.1 Å². The molecule has 1 amide bonds. The van der Waals surface area contributed by atoms with E-state index in [4.69, 9.17) is 9.47 Å². The minimum atomic E-state index is -0.288. The Kier molecular flexibility index (Phi) is 4.82. The highest BCUT2D eigenvalue weighted by atomic mass is 32.2. The summed E-state index contributed by atoms with van der Waals surface area (Å²) in [5, 5.41) is 9.90. The van der Waals surface area contributed by atoms with Crippen molar-refractivity contribution in [1.82, 2.24) is 15.2 Å². The molecule has 120 valence electrons. The lowest BCUT2D eigenvalue weighted by Gasteiger charge is -2.18. The monoisotopic (exact) mass is 332 g/mol. The zero-order chi connectivity index (χ0) is 16.1. The van der Waals surface area contributed by atoms with Crippen LogP contribution < -0.4 is 14.8 Å². The molecule has 23 heavy (non-hydrogen) atoms. The number of amides is 1. The van der Waals surface area contributed by atoms with Crippen molar-refractivity contribution in [2.45, 2.75) is 12.1 Å². The first-order chi connectivity index (χ1) is 11.2. The first-order valence-corrected chi connectivity index (χ1v) is 8.17. The zero-order valence-electron chi connectivity index (χ0n) is 12.5. The lowest BCUT2D eigenvalue weighted by molar-refractivity contribution is -0.111. The molecule has 0 unspecified atom stereocenters. The fourth-order valence-electron chi connectivity index (χ4n) is 1.99. The summed E-state index contributed by atoms with van der Waals surface area (Å²) in [6.07, 6.45) is 3.13. The average molecular weight is 332 g/mol. The van der Waals surface area contributed by atoms with Crippen LogP contribution in [0.3, 0.4) is 0 Å². The second kappa shape index (κ2) is 7.19. The van der Waals surface area contributed by atoms with Crippen LogP contribution in [0, 0.1) is 0 Å². The minimum absolute atomic E-state index is 0.288. The Morgan fingerprint density at radius 1 is 1.39 bits per heavy atom. The van der Waals surface area contributed by atoms with Crippen molar-refractivity contribution in [1.29, 1.82) is 0 Å². The van der Waals surface area contributed by atoms with Crippen molar-refractivity contribution < 1.29 is 14.3 Å². The Morgan fingerprint density at radius 2 is 2.22 bits per heavy atom. The largest absolute Gasteiger partial charge is 0.486 e. The van der Waals surface area contributed by atoms with Gasteiger partial charge in [0.2, 0.25) is 11.1 Å². The molecule has 0 aliphatic carbocycles. The summed E-state index contributed by atoms with van der Waals surface area (Å²) >= 11 is 1.50. The van der Waals surface area contributed by atoms with E-state index in [1.54, 1.807) is 6.08 Å². The van der Waals surface area contributed by atoms with E-state index in [1.165, 1.54) is 17.8 Å². The number of nitrogens with zero attached hydrogens (tertiary/aromatic N) is 2. The van der Waals surface area contributed by atoms with Gasteiger partial charge in [-0.25, -0.2) is 5.10 Å². The van der Waals surface area contributed by atoms with Crippen LogP contribution in [-0.2, 0) is 4.79 Å². The van der Waals surface area contributed by atoms with Gasteiger partial charge >= 0.3 is 0 Å². The second-order valence-electron chi connectivity index (χ2n) is 4.63. The summed E-state index contributed by atoms with van der Waals surface area (Å²) in [5.41, 5.74) is 0.851. The molecule has 7 nitrogen and oxygen atoms in total. The van der Waals surface area contributed by atoms with Crippen LogP contribution in [0.5, 0.6) is 11.5 Å². The smallest absolute Gasteiger partial charge is 0.250 e. The number of hydrogen-bond donors (Lipinski definition) is 2. The predicted molar refractivity (Wildman–Crippen MR) is 87.9 cm³/mol. The number of rotatable bonds is 5. The standard InChI is InChI=1S/C15H16N4O3S/c1-2-23-15-17-14(18-19-15)16-13(20)6-4-10-3-5-11-12(9-10)22-8-7-21-11/h3-6,9H,2,7-8H2,1H3,(H2,16,17,18,19,20)/b6-4-. The summed E-state index contributed by atoms with van der Waals surface area (Å²) in [6, 6.07) is 5.53. The highest BCUT2D eigenvalue weighted by Crippen LogP contribution is 2.31. The lowest BCUT2D eigenvalue weighted by Crippen LogP contribution is -2.15. The molecule has 2 heterocycles. The number of carbonyl (C=O) groups excluding carboxylic acids is 1. The van der Waals surface area contributed by atoms with E-state index in [1.807, 2.05) is 25.1 Å². The summed E-state index contributed by atoms with van der Waals surface area (Å²) < 4.78 is 11.0. The van der Waals surface area contributed by atoms with Gasteiger partial charge in [0.15, 0.2) is 11.5 Å². The van der Waals surface area contributed by atoms with E-state index < -0.39 is 0 Å². The quantitative estimate of drug-likeness (QED) is 0.645. The van der Waals surface area contributed by atoms with Gasteiger partial charge in [-0.05, 0) is 29.5 Å². The zero-order valence-corrected chi connectivity index (χ0v) is 13.4. The molecule has 0 saturated heterocycles. The van der Waals surface area contributed by atoms with Gasteiger partial charge in [-0.2, -0.15) is 4.98 Å². The van der Waals surface area contributed by atoms with E-state index in [9.17, 15) is 4.79 Å². The van der Waals surface area contributed by atoms with Gasteiger partial charge in [-0.1, -0.05) is 24.8 Å². The third-order valence-electron chi connectivity index (χ3n) is 2.97. The van der Waals surface area contributed by atoms with Crippen LogP contribution in [0.25, 0.3) is 6.08 Å². The van der Waals surface area contributed by atoms with Gasteiger partial charge in [0.25, 0.3) is 5.91 Å². The minimum Gasteiger partial charge on any atom is -0.486 e. The van der Waals surface area contributed by atoms with Crippen LogP contribution in [0.1, 0.15) is 12.5 Å². The lowest BCUT2D eigenvalue weighted by atomic mass is 10.2. The molecule has 0 spiro atoms. The summed E-state index contributed by atoms with van der Waals surface area (Å²) in [4.78, 5) is 16.0. The molecule has 0 radical (unpaired) electrons. The fourth-order valence-corrected chi connectivity index (χ4v) is 2.51. The van der Waals surface area contributed by atoms with Crippen LogP contribution in [0.2, 0.25) is 0 Å². The number of carbonyl (C=O) groups is 1. The van der Waals surface area contributed by atoms with Gasteiger partial charge in [0, 0.05) is 6.08 Å². The molecule has 0 atom stereocenters. The molecule has 1 aliphatic rings. The van der Waals surface area contributed by atoms with E-state index in [0.717, 1.165) is 17.1 Å². The number of aromatic amines is 1. The van der Waals surface area contributed by atoms with Gasteiger partial charge in [0.05, 0.1) is 0 Å². The third kappa shape index (κ3) is 4.04. The molecular formula is C15H16N4O3S. The Bertz CT molecular complexity index is 729. The maximum atomic E-state index is 11.9. The Morgan fingerprint density at radius 3 is 3.04 bits per heavy atom. The number of aromatic nitrogens is 3. The highest BCUT2D eigenvalue weighted by Gasteiger charge is 2.11. The van der Waals surface area contributed by atoms with Crippen molar-refractivity contribution in [3.8, 4) is 11.5 Å². The van der Waals surface area contributed by atoms with E-state index in [0.29, 0.717) is 30.1 Å². The maximum Gasteiger partial charge on any atom is 0.250 e. The van der Waals surface area contributed by atoms with Gasteiger partial charge < -0.3 is 9.47 Å². The first kappa shape index (κ1) is 15.4. The summed E-state index contributed by atoms with van der Waals surface area (Å²) in [5.74, 6) is 2.33. The number of ether oxygens (including phenoxy) is 2. The Hall–Kier alpha value is -2.48. The van der Waals surface area contributed by atoms with Crippen molar-refractivity contribution >= 4 is 29.7 Å². The Labute approximate surface area is 137 Å². The molecule has 1 aromatic carbocycles. The van der Waals surface area contributed by atoms with Crippen molar-refractivity contribution in [3.05, 3.63) is 29.8 Å². The first-order valence-electron chi connectivity index (χ1n) is 7.18. The van der Waals surface area contributed by atoms with Gasteiger partial charge in [-0.15, -0.1) is 5.10 Å². The average Bonchev–Trinajstić information content (AvgIpc) is 3.00. The molecule has 1 aromatic heterocycles. The maximum absolute atomic E-state index is 11.9. The predicted octanol–water partition coefficient (Wildman–Crippen LogP) is 2.34. The molecule has 8 heteroatoms. The molecule has 0 fully saturated rings. The number of hydrogen-bond acceptors (Lipinski definition) is 6. The molecule has 0 bridgehead atoms. The SMILES string of the molecule is CCSc1n[nH]c(NC(=O)/C=C\c2ccc3c(c2)OCCO3)n1. The molecule has 2 N–H and O–H groups in total. The summed E-state index contributed by atoms with van der Waals surface area (Å²) in [7, 11) is 0. The van der Waals surface area contributed by atoms with Gasteiger partial charge in [-0.3, -0.25) is 10.1 Å². The fraction of sp³-hybridized carbons (Fsp3) is 0.267. The van der Waals surface area contributed by atoms with Crippen LogP contribution in [0.4, 0.5) is 5.95 Å². The van der Waals surface area contributed by atoms with E-state index >= 15 is 0 Å². The number of nitrogens with one attached hydrogen (secondary N) is 2. The number of anilines is 1. The van der Waals surface area contributed by atoms with Crippen molar-refractivity contribution in [3.63, 3.8) is 0 Å². The van der Waals surface area contributed by atoms with Crippen LogP contribution >= 0.6 is 11.8 Å². The molecule has 3 rings (SSSR count). The molecule has 0 saturated carbocycles. The van der Waals surface area contributed by atoms with Gasteiger partial charge in [0.1, 0.15) is 13.2 Å². The molecular weight excluding hydrogens is 316 g/mol. The topological polar surface area (TPSA) is 89.1 Å². The van der Waals surface area contributed by atoms with Crippen molar-refractivity contribution in [2.24, 2.45) is 0 Å². The van der Waals surface area contributed by atoms with E-state index in [2.05, 4.69) is 20.5 Å². The van der Waals surface area contributed by atoms with Crippen molar-refractivity contribution in [2.75, 3.05) is 24.3 Å². The number of thioether (sulfide) groups is 1. The molecule has 1 aliphatic heterocycles. The normalized spacial score (nSPS) is 13.3. The Balaban J connectivity index is 1.61.